The van der Waals surface area contributed by atoms with Gasteiger partial charge in [-0.3, -0.25) is 0 Å². The maximum absolute atomic E-state index is 4.59. The minimum absolute atomic E-state index is 0.836. The molecule has 2 aromatic rings. The summed E-state index contributed by atoms with van der Waals surface area (Å²) in [5.74, 6) is 4.72. The first-order chi connectivity index (χ1) is 8.33. The molecule has 0 aromatic carbocycles. The van der Waals surface area contributed by atoms with Crippen LogP contribution in [0.4, 0.5) is 0 Å². The molecule has 1 aliphatic rings. The largest absolute Gasteiger partial charge is 0.304 e. The van der Waals surface area contributed by atoms with Gasteiger partial charge in [0.15, 0.2) is 0 Å². The Bertz CT molecular complexity index is 512. The molecule has 0 aliphatic carbocycles. The Morgan fingerprint density at radius 3 is 3.06 bits per heavy atom. The molecule has 1 aliphatic heterocycles. The summed E-state index contributed by atoms with van der Waals surface area (Å²) >= 11 is 2.09. The van der Waals surface area contributed by atoms with Crippen LogP contribution in [-0.4, -0.2) is 20.9 Å². The van der Waals surface area contributed by atoms with Crippen molar-refractivity contribution in [2.45, 2.75) is 26.2 Å². The highest BCUT2D eigenvalue weighted by molar-refractivity contribution is 7.99. The SMILES string of the molecule is Cc1ccn2c(CC3CCSCC3)ncc2c1. The number of nitrogens with zero attached hydrogens (tertiary/aromatic N) is 2. The highest BCUT2D eigenvalue weighted by Crippen LogP contribution is 2.25. The van der Waals surface area contributed by atoms with Crippen LogP contribution in [0.15, 0.2) is 24.5 Å². The quantitative estimate of drug-likeness (QED) is 0.808. The van der Waals surface area contributed by atoms with Crippen LogP contribution in [0.25, 0.3) is 5.52 Å². The van der Waals surface area contributed by atoms with Crippen LogP contribution in [0.5, 0.6) is 0 Å². The lowest BCUT2D eigenvalue weighted by atomic mass is 9.98. The number of hydrogen-bond acceptors (Lipinski definition) is 2. The Balaban J connectivity index is 1.84. The van der Waals surface area contributed by atoms with Crippen molar-refractivity contribution >= 4 is 17.3 Å². The molecular formula is C14H18N2S. The highest BCUT2D eigenvalue weighted by atomic mass is 32.2. The molecule has 0 saturated carbocycles. The van der Waals surface area contributed by atoms with Gasteiger partial charge in [0.25, 0.3) is 0 Å². The number of pyridine rings is 1. The van der Waals surface area contributed by atoms with Crippen LogP contribution in [0.2, 0.25) is 0 Å². The fourth-order valence-corrected chi connectivity index (χ4v) is 3.73. The first kappa shape index (κ1) is 11.1. The Hall–Kier alpha value is -0.960. The van der Waals surface area contributed by atoms with E-state index in [0.717, 1.165) is 12.3 Å². The van der Waals surface area contributed by atoms with Gasteiger partial charge in [0.2, 0.25) is 0 Å². The van der Waals surface area contributed by atoms with Crippen LogP contribution in [-0.2, 0) is 6.42 Å². The van der Waals surface area contributed by atoms with Crippen molar-refractivity contribution in [3.63, 3.8) is 0 Å². The van der Waals surface area contributed by atoms with Gasteiger partial charge in [0, 0.05) is 12.6 Å². The fourth-order valence-electron chi connectivity index (χ4n) is 2.53. The first-order valence-corrected chi connectivity index (χ1v) is 7.49. The Morgan fingerprint density at radius 2 is 2.24 bits per heavy atom. The maximum Gasteiger partial charge on any atom is 0.113 e. The van der Waals surface area contributed by atoms with E-state index >= 15 is 0 Å². The third kappa shape index (κ3) is 2.34. The van der Waals surface area contributed by atoms with Gasteiger partial charge in [-0.05, 0) is 54.9 Å². The second-order valence-electron chi connectivity index (χ2n) is 4.93. The van der Waals surface area contributed by atoms with Crippen molar-refractivity contribution in [2.24, 2.45) is 5.92 Å². The second kappa shape index (κ2) is 4.73. The first-order valence-electron chi connectivity index (χ1n) is 6.33. The molecule has 1 saturated heterocycles. The molecule has 3 heteroatoms. The molecule has 90 valence electrons. The number of hydrogen-bond donors (Lipinski definition) is 0. The predicted octanol–water partition coefficient (Wildman–Crippen LogP) is 3.33. The van der Waals surface area contributed by atoms with E-state index < -0.39 is 0 Å². The van der Waals surface area contributed by atoms with Gasteiger partial charge in [-0.1, -0.05) is 0 Å². The number of fused-ring (bicyclic) bond motifs is 1. The summed E-state index contributed by atoms with van der Waals surface area (Å²) in [7, 11) is 0. The average Bonchev–Trinajstić information content (AvgIpc) is 2.73. The van der Waals surface area contributed by atoms with Crippen LogP contribution >= 0.6 is 11.8 Å². The van der Waals surface area contributed by atoms with Crippen molar-refractivity contribution in [1.29, 1.82) is 0 Å². The Morgan fingerprint density at radius 1 is 1.41 bits per heavy atom. The molecule has 0 atom stereocenters. The van der Waals surface area contributed by atoms with E-state index in [4.69, 9.17) is 0 Å². The van der Waals surface area contributed by atoms with E-state index in [2.05, 4.69) is 46.4 Å². The van der Waals surface area contributed by atoms with Crippen molar-refractivity contribution in [2.75, 3.05) is 11.5 Å². The standard InChI is InChI=1S/C14H18N2S/c1-11-2-5-16-13(8-11)10-15-14(16)9-12-3-6-17-7-4-12/h2,5,8,10,12H,3-4,6-7,9H2,1H3. The van der Waals surface area contributed by atoms with Crippen LogP contribution in [0.3, 0.4) is 0 Å². The van der Waals surface area contributed by atoms with Crippen molar-refractivity contribution in [1.82, 2.24) is 9.38 Å². The highest BCUT2D eigenvalue weighted by Gasteiger charge is 2.16. The molecule has 2 aromatic heterocycles. The lowest BCUT2D eigenvalue weighted by molar-refractivity contribution is 0.475. The number of rotatable bonds is 2. The third-order valence-corrected chi connectivity index (χ3v) is 4.63. The number of aryl methyl sites for hydroxylation is 1. The van der Waals surface area contributed by atoms with Gasteiger partial charge >= 0.3 is 0 Å². The Labute approximate surface area is 106 Å². The molecule has 0 spiro atoms. The molecule has 0 amide bonds. The summed E-state index contributed by atoms with van der Waals surface area (Å²) in [4.78, 5) is 4.59. The lowest BCUT2D eigenvalue weighted by Crippen LogP contribution is -2.13. The van der Waals surface area contributed by atoms with Gasteiger partial charge in [-0.2, -0.15) is 11.8 Å². The summed E-state index contributed by atoms with van der Waals surface area (Å²) in [6, 6.07) is 4.36. The molecule has 0 radical (unpaired) electrons. The smallest absolute Gasteiger partial charge is 0.113 e. The lowest BCUT2D eigenvalue weighted by Gasteiger charge is -2.20. The van der Waals surface area contributed by atoms with E-state index in [9.17, 15) is 0 Å². The molecule has 3 heterocycles. The van der Waals surface area contributed by atoms with Gasteiger partial charge in [0.05, 0.1) is 11.7 Å². The van der Waals surface area contributed by atoms with E-state index in [1.165, 1.54) is 41.3 Å². The van der Waals surface area contributed by atoms with Crippen molar-refractivity contribution < 1.29 is 0 Å². The van der Waals surface area contributed by atoms with Gasteiger partial charge in [0.1, 0.15) is 5.82 Å². The van der Waals surface area contributed by atoms with Crippen molar-refractivity contribution in [3.8, 4) is 0 Å². The van der Waals surface area contributed by atoms with E-state index in [1.807, 2.05) is 6.20 Å². The van der Waals surface area contributed by atoms with Crippen molar-refractivity contribution in [3.05, 3.63) is 35.9 Å². The number of aromatic nitrogens is 2. The average molecular weight is 246 g/mol. The van der Waals surface area contributed by atoms with E-state index in [0.29, 0.717) is 0 Å². The molecule has 17 heavy (non-hydrogen) atoms. The summed E-state index contributed by atoms with van der Waals surface area (Å²) in [5, 5.41) is 0. The summed E-state index contributed by atoms with van der Waals surface area (Å²) in [6.07, 6.45) is 8.00. The molecular weight excluding hydrogens is 228 g/mol. The van der Waals surface area contributed by atoms with Crippen LogP contribution < -0.4 is 0 Å². The zero-order chi connectivity index (χ0) is 11.7. The molecule has 0 N–H and O–H groups in total. The molecule has 3 rings (SSSR count). The predicted molar refractivity (Wildman–Crippen MR) is 73.7 cm³/mol. The van der Waals surface area contributed by atoms with Gasteiger partial charge in [-0.15, -0.1) is 0 Å². The second-order valence-corrected chi connectivity index (χ2v) is 6.16. The van der Waals surface area contributed by atoms with Gasteiger partial charge < -0.3 is 4.40 Å². The number of thioether (sulfide) groups is 1. The molecule has 0 unspecified atom stereocenters. The Kier molecular flexibility index (Phi) is 3.10. The summed E-state index contributed by atoms with van der Waals surface area (Å²) in [5.41, 5.74) is 2.53. The van der Waals surface area contributed by atoms with E-state index in [-0.39, 0.29) is 0 Å². The zero-order valence-corrected chi connectivity index (χ0v) is 11.0. The molecule has 1 fully saturated rings. The maximum atomic E-state index is 4.59. The normalized spacial score (nSPS) is 17.7. The minimum atomic E-state index is 0.836. The van der Waals surface area contributed by atoms with Crippen LogP contribution in [0.1, 0.15) is 24.2 Å². The summed E-state index contributed by atoms with van der Waals surface area (Å²) in [6.45, 7) is 2.13. The monoisotopic (exact) mass is 246 g/mol. The number of imidazole rings is 1. The van der Waals surface area contributed by atoms with Crippen LogP contribution in [0, 0.1) is 12.8 Å². The summed E-state index contributed by atoms with van der Waals surface area (Å²) < 4.78 is 2.24. The van der Waals surface area contributed by atoms with Gasteiger partial charge in [-0.25, -0.2) is 4.98 Å². The fraction of sp³-hybridized carbons (Fsp3) is 0.500. The van der Waals surface area contributed by atoms with E-state index in [1.54, 1.807) is 0 Å². The molecule has 2 nitrogen and oxygen atoms in total. The zero-order valence-electron chi connectivity index (χ0n) is 10.2. The molecule has 0 bridgehead atoms. The topological polar surface area (TPSA) is 17.3 Å². The third-order valence-electron chi connectivity index (χ3n) is 3.58. The minimum Gasteiger partial charge on any atom is -0.304 e.